The van der Waals surface area contributed by atoms with Crippen molar-refractivity contribution in [2.24, 2.45) is 12.8 Å². The van der Waals surface area contributed by atoms with Gasteiger partial charge in [-0.1, -0.05) is 6.92 Å². The van der Waals surface area contributed by atoms with E-state index in [0.29, 0.717) is 11.5 Å². The van der Waals surface area contributed by atoms with Crippen molar-refractivity contribution in [2.75, 3.05) is 5.73 Å². The fourth-order valence-corrected chi connectivity index (χ4v) is 1.20. The van der Waals surface area contributed by atoms with Gasteiger partial charge in [0.05, 0.1) is 0 Å². The second-order valence-corrected chi connectivity index (χ2v) is 2.72. The summed E-state index contributed by atoms with van der Waals surface area (Å²) in [7, 11) is 1.73. The Morgan fingerprint density at radius 3 is 2.50 bits per heavy atom. The summed E-state index contributed by atoms with van der Waals surface area (Å²) in [6, 6.07) is 1.73. The molecule has 4 heteroatoms. The van der Waals surface area contributed by atoms with E-state index in [1.54, 1.807) is 17.7 Å². The molecule has 0 radical (unpaired) electrons. The number of anilines is 1. The molecule has 1 amide bonds. The van der Waals surface area contributed by atoms with Gasteiger partial charge in [-0.05, 0) is 18.1 Å². The second-order valence-electron chi connectivity index (χ2n) is 2.72. The highest BCUT2D eigenvalue weighted by molar-refractivity contribution is 5.92. The van der Waals surface area contributed by atoms with Crippen LogP contribution in [-0.2, 0) is 13.5 Å². The molecule has 0 aliphatic rings. The van der Waals surface area contributed by atoms with E-state index in [0.717, 1.165) is 12.0 Å². The monoisotopic (exact) mass is 167 g/mol. The number of aryl methyl sites for hydroxylation is 1. The number of nitrogens with zero attached hydrogens (tertiary/aromatic N) is 1. The van der Waals surface area contributed by atoms with Crippen molar-refractivity contribution in [1.29, 1.82) is 0 Å². The van der Waals surface area contributed by atoms with Gasteiger partial charge in [0.25, 0.3) is 5.91 Å². The molecule has 4 nitrogen and oxygen atoms in total. The number of hydrogen-bond acceptors (Lipinski definition) is 2. The van der Waals surface area contributed by atoms with Gasteiger partial charge < -0.3 is 16.0 Å². The van der Waals surface area contributed by atoms with Crippen LogP contribution in [0.1, 0.15) is 23.0 Å². The van der Waals surface area contributed by atoms with Crippen LogP contribution in [0.15, 0.2) is 6.07 Å². The number of primary amides is 1. The van der Waals surface area contributed by atoms with E-state index in [-0.39, 0.29) is 0 Å². The second kappa shape index (κ2) is 2.89. The minimum Gasteiger partial charge on any atom is -0.385 e. The van der Waals surface area contributed by atoms with Crippen LogP contribution in [0.3, 0.4) is 0 Å². The van der Waals surface area contributed by atoms with Crippen molar-refractivity contribution < 1.29 is 4.79 Å². The summed E-state index contributed by atoms with van der Waals surface area (Å²) in [5, 5.41) is 0. The normalized spacial score (nSPS) is 10.2. The molecule has 12 heavy (non-hydrogen) atoms. The molecule has 1 rings (SSSR count). The lowest BCUT2D eigenvalue weighted by atomic mass is 10.2. The van der Waals surface area contributed by atoms with E-state index in [4.69, 9.17) is 11.5 Å². The minimum atomic E-state index is -0.441. The molecule has 1 aromatic heterocycles. The molecule has 0 aliphatic heterocycles. The van der Waals surface area contributed by atoms with E-state index in [9.17, 15) is 4.79 Å². The number of carbonyl (C=O) groups excluding carboxylic acids is 1. The maximum absolute atomic E-state index is 10.8. The summed E-state index contributed by atoms with van der Waals surface area (Å²) in [5.74, 6) is 0.176. The van der Waals surface area contributed by atoms with Crippen LogP contribution in [0.25, 0.3) is 0 Å². The van der Waals surface area contributed by atoms with Crippen LogP contribution >= 0.6 is 0 Å². The first-order chi connectivity index (χ1) is 5.57. The Kier molecular flexibility index (Phi) is 2.08. The highest BCUT2D eigenvalue weighted by Gasteiger charge is 2.11. The van der Waals surface area contributed by atoms with Crippen molar-refractivity contribution in [3.8, 4) is 0 Å². The third-order valence-corrected chi connectivity index (χ3v) is 2.00. The maximum Gasteiger partial charge on any atom is 0.265 e. The minimum absolute atomic E-state index is 0.441. The topological polar surface area (TPSA) is 74.0 Å². The quantitative estimate of drug-likeness (QED) is 0.663. The lowest BCUT2D eigenvalue weighted by Gasteiger charge is -2.00. The first kappa shape index (κ1) is 8.64. The molecule has 0 unspecified atom stereocenters. The van der Waals surface area contributed by atoms with Crippen molar-refractivity contribution in [2.45, 2.75) is 13.3 Å². The SMILES string of the molecule is CCc1cc(C(N)=O)n(C)c1N. The first-order valence-electron chi connectivity index (χ1n) is 3.81. The molecule has 0 spiro atoms. The van der Waals surface area contributed by atoms with E-state index in [1.807, 2.05) is 6.92 Å². The van der Waals surface area contributed by atoms with Gasteiger partial charge >= 0.3 is 0 Å². The molecule has 0 atom stereocenters. The van der Waals surface area contributed by atoms with Gasteiger partial charge in [0.15, 0.2) is 0 Å². The zero-order valence-electron chi connectivity index (χ0n) is 7.29. The van der Waals surface area contributed by atoms with Gasteiger partial charge in [0, 0.05) is 7.05 Å². The number of nitrogens with two attached hydrogens (primary N) is 2. The zero-order chi connectivity index (χ0) is 9.30. The molecular weight excluding hydrogens is 154 g/mol. The van der Waals surface area contributed by atoms with Gasteiger partial charge in [-0.15, -0.1) is 0 Å². The molecule has 0 saturated carbocycles. The fourth-order valence-electron chi connectivity index (χ4n) is 1.20. The number of aromatic nitrogens is 1. The van der Waals surface area contributed by atoms with E-state index < -0.39 is 5.91 Å². The third-order valence-electron chi connectivity index (χ3n) is 2.00. The zero-order valence-corrected chi connectivity index (χ0v) is 7.29. The molecular formula is C8H13N3O. The van der Waals surface area contributed by atoms with Crippen molar-refractivity contribution in [1.82, 2.24) is 4.57 Å². The maximum atomic E-state index is 10.8. The number of carbonyl (C=O) groups is 1. The van der Waals surface area contributed by atoms with Gasteiger partial charge in [0.1, 0.15) is 11.5 Å². The Morgan fingerprint density at radius 2 is 2.25 bits per heavy atom. The lowest BCUT2D eigenvalue weighted by molar-refractivity contribution is 0.0993. The van der Waals surface area contributed by atoms with Gasteiger partial charge in [-0.3, -0.25) is 4.79 Å². The standard InChI is InChI=1S/C8H13N3O/c1-3-5-4-6(8(10)12)11(2)7(5)9/h4H,3,9H2,1-2H3,(H2,10,12). The predicted octanol–water partition coefficient (Wildman–Crippen LogP) is 0.269. The largest absolute Gasteiger partial charge is 0.385 e. The summed E-state index contributed by atoms with van der Waals surface area (Å²) in [6.45, 7) is 1.98. The molecule has 4 N–H and O–H groups in total. The molecule has 0 fully saturated rings. The number of amides is 1. The van der Waals surface area contributed by atoms with Gasteiger partial charge in [-0.2, -0.15) is 0 Å². The lowest BCUT2D eigenvalue weighted by Crippen LogP contribution is -2.15. The van der Waals surface area contributed by atoms with Crippen LogP contribution < -0.4 is 11.5 Å². The highest BCUT2D eigenvalue weighted by Crippen LogP contribution is 2.16. The van der Waals surface area contributed by atoms with Crippen molar-refractivity contribution in [3.63, 3.8) is 0 Å². The average Bonchev–Trinajstić information content (AvgIpc) is 2.30. The Labute approximate surface area is 71.2 Å². The fraction of sp³-hybridized carbons (Fsp3) is 0.375. The van der Waals surface area contributed by atoms with Crippen molar-refractivity contribution in [3.05, 3.63) is 17.3 Å². The Hall–Kier alpha value is -1.45. The summed E-state index contributed by atoms with van der Waals surface area (Å²) >= 11 is 0. The van der Waals surface area contributed by atoms with Crippen LogP contribution in [0.2, 0.25) is 0 Å². The van der Waals surface area contributed by atoms with Crippen LogP contribution in [0.4, 0.5) is 5.82 Å². The van der Waals surface area contributed by atoms with Crippen molar-refractivity contribution >= 4 is 11.7 Å². The predicted molar refractivity (Wildman–Crippen MR) is 47.7 cm³/mol. The van der Waals surface area contributed by atoms with E-state index in [2.05, 4.69) is 0 Å². The summed E-state index contributed by atoms with van der Waals surface area (Å²) in [5.41, 5.74) is 12.3. The average molecular weight is 167 g/mol. The Bertz CT molecular complexity index is 314. The third kappa shape index (κ3) is 1.15. The molecule has 66 valence electrons. The molecule has 0 bridgehead atoms. The number of rotatable bonds is 2. The first-order valence-corrected chi connectivity index (χ1v) is 3.81. The van der Waals surface area contributed by atoms with E-state index >= 15 is 0 Å². The van der Waals surface area contributed by atoms with Gasteiger partial charge in [-0.25, -0.2) is 0 Å². The smallest absolute Gasteiger partial charge is 0.265 e. The molecule has 0 saturated heterocycles. The summed E-state index contributed by atoms with van der Waals surface area (Å²) < 4.78 is 1.61. The summed E-state index contributed by atoms with van der Waals surface area (Å²) in [4.78, 5) is 10.8. The molecule has 1 heterocycles. The summed E-state index contributed by atoms with van der Waals surface area (Å²) in [6.07, 6.45) is 0.812. The van der Waals surface area contributed by atoms with Crippen LogP contribution in [-0.4, -0.2) is 10.5 Å². The van der Waals surface area contributed by atoms with Crippen LogP contribution in [0.5, 0.6) is 0 Å². The van der Waals surface area contributed by atoms with Gasteiger partial charge in [0.2, 0.25) is 0 Å². The molecule has 0 aromatic carbocycles. The highest BCUT2D eigenvalue weighted by atomic mass is 16.1. The molecule has 0 aliphatic carbocycles. The Morgan fingerprint density at radius 1 is 1.67 bits per heavy atom. The molecule has 1 aromatic rings. The van der Waals surface area contributed by atoms with Crippen LogP contribution in [0, 0.1) is 0 Å². The number of nitrogen functional groups attached to an aromatic ring is 1. The van der Waals surface area contributed by atoms with E-state index in [1.165, 1.54) is 0 Å². The Balaban J connectivity index is 3.25. The number of hydrogen-bond donors (Lipinski definition) is 2.